The highest BCUT2D eigenvalue weighted by Gasteiger charge is 2.13. The lowest BCUT2D eigenvalue weighted by molar-refractivity contribution is -0.139. The van der Waals surface area contributed by atoms with Crippen molar-refractivity contribution in [1.82, 2.24) is 5.32 Å². The molecule has 0 aliphatic heterocycles. The fourth-order valence-corrected chi connectivity index (χ4v) is 1.94. The van der Waals surface area contributed by atoms with Gasteiger partial charge < -0.3 is 14.8 Å². The van der Waals surface area contributed by atoms with Crippen LogP contribution < -0.4 is 10.1 Å². The van der Waals surface area contributed by atoms with E-state index in [-0.39, 0.29) is 24.5 Å². The third-order valence-electron chi connectivity index (χ3n) is 3.16. The summed E-state index contributed by atoms with van der Waals surface area (Å²) in [5.41, 5.74) is 0.771. The van der Waals surface area contributed by atoms with E-state index in [1.165, 1.54) is 13.2 Å². The van der Waals surface area contributed by atoms with E-state index in [0.717, 1.165) is 6.07 Å². The molecule has 0 bridgehead atoms. The molecule has 2 rings (SSSR count). The van der Waals surface area contributed by atoms with Gasteiger partial charge in [0, 0.05) is 17.2 Å². The number of benzene rings is 2. The molecule has 0 atom stereocenters. The third kappa shape index (κ3) is 4.52. The summed E-state index contributed by atoms with van der Waals surface area (Å²) in [5, 5.41) is 2.41. The van der Waals surface area contributed by atoms with E-state index in [1.807, 2.05) is 0 Å². The second kappa shape index (κ2) is 8.05. The predicted molar refractivity (Wildman–Crippen MR) is 81.5 cm³/mol. The minimum Gasteiger partial charge on any atom is -0.486 e. The zero-order chi connectivity index (χ0) is 17.5. The number of amides is 1. The molecule has 0 saturated heterocycles. The first kappa shape index (κ1) is 17.4. The van der Waals surface area contributed by atoms with E-state index in [4.69, 9.17) is 4.74 Å². The quantitative estimate of drug-likeness (QED) is 0.824. The van der Waals surface area contributed by atoms with Crippen molar-refractivity contribution in [3.8, 4) is 5.75 Å². The van der Waals surface area contributed by atoms with Crippen LogP contribution in [0.3, 0.4) is 0 Å². The van der Waals surface area contributed by atoms with Crippen LogP contribution in [0.1, 0.15) is 15.9 Å². The molecular weight excluding hydrogens is 320 g/mol. The van der Waals surface area contributed by atoms with Gasteiger partial charge in [-0.1, -0.05) is 18.2 Å². The molecule has 24 heavy (non-hydrogen) atoms. The van der Waals surface area contributed by atoms with Crippen molar-refractivity contribution in [2.24, 2.45) is 0 Å². The number of methoxy groups -OCH3 is 1. The summed E-state index contributed by atoms with van der Waals surface area (Å²) in [6.07, 6.45) is 0. The molecule has 1 amide bonds. The average Bonchev–Trinajstić information content (AvgIpc) is 2.58. The maximum absolute atomic E-state index is 13.6. The summed E-state index contributed by atoms with van der Waals surface area (Å²) in [7, 11) is 1.22. The largest absolute Gasteiger partial charge is 0.486 e. The normalized spacial score (nSPS) is 10.1. The maximum atomic E-state index is 13.6. The molecule has 0 spiro atoms. The van der Waals surface area contributed by atoms with Crippen molar-refractivity contribution < 1.29 is 27.8 Å². The summed E-state index contributed by atoms with van der Waals surface area (Å²) in [4.78, 5) is 23.2. The molecule has 0 fully saturated rings. The molecular formula is C17H15F2NO4. The Morgan fingerprint density at radius 2 is 1.88 bits per heavy atom. The zero-order valence-corrected chi connectivity index (χ0v) is 12.8. The topological polar surface area (TPSA) is 64.6 Å². The van der Waals surface area contributed by atoms with Gasteiger partial charge in [0.25, 0.3) is 5.91 Å². The van der Waals surface area contributed by atoms with Crippen LogP contribution in [-0.2, 0) is 16.1 Å². The molecule has 1 N–H and O–H groups in total. The molecule has 7 heteroatoms. The van der Waals surface area contributed by atoms with Crippen molar-refractivity contribution in [3.63, 3.8) is 0 Å². The van der Waals surface area contributed by atoms with E-state index >= 15 is 0 Å². The Morgan fingerprint density at radius 1 is 1.12 bits per heavy atom. The second-order valence-corrected chi connectivity index (χ2v) is 4.78. The Kier molecular flexibility index (Phi) is 5.83. The first-order valence-electron chi connectivity index (χ1n) is 7.02. The van der Waals surface area contributed by atoms with Crippen molar-refractivity contribution >= 4 is 11.9 Å². The van der Waals surface area contributed by atoms with Crippen LogP contribution in [0.5, 0.6) is 5.75 Å². The van der Waals surface area contributed by atoms with Crippen molar-refractivity contribution in [1.29, 1.82) is 0 Å². The Bertz CT molecular complexity index is 749. The van der Waals surface area contributed by atoms with Crippen molar-refractivity contribution in [2.75, 3.05) is 13.7 Å². The van der Waals surface area contributed by atoms with E-state index in [9.17, 15) is 18.4 Å². The predicted octanol–water partition coefficient (Wildman–Crippen LogP) is 2.45. The summed E-state index contributed by atoms with van der Waals surface area (Å²) in [6, 6.07) is 9.48. The lowest BCUT2D eigenvalue weighted by Gasteiger charge is -2.11. The number of rotatable bonds is 6. The second-order valence-electron chi connectivity index (χ2n) is 4.78. The smallest absolute Gasteiger partial charge is 0.325 e. The molecule has 0 aliphatic rings. The van der Waals surface area contributed by atoms with Gasteiger partial charge in [0.15, 0.2) is 11.6 Å². The fourth-order valence-electron chi connectivity index (χ4n) is 1.94. The SMILES string of the molecule is COC(=O)CNC(=O)c1ccccc1COc1ccc(F)cc1F. The van der Waals surface area contributed by atoms with Gasteiger partial charge in [-0.05, 0) is 18.2 Å². The van der Waals surface area contributed by atoms with Crippen LogP contribution >= 0.6 is 0 Å². The van der Waals surface area contributed by atoms with Gasteiger partial charge in [0.1, 0.15) is 19.0 Å². The highest BCUT2D eigenvalue weighted by atomic mass is 19.1. The Balaban J connectivity index is 2.08. The number of nitrogens with one attached hydrogen (secondary N) is 1. The van der Waals surface area contributed by atoms with Crippen molar-refractivity contribution in [3.05, 3.63) is 65.2 Å². The molecule has 126 valence electrons. The van der Waals surface area contributed by atoms with Gasteiger partial charge in [0.2, 0.25) is 0 Å². The summed E-state index contributed by atoms with van der Waals surface area (Å²) in [5.74, 6) is -2.73. The number of halogens is 2. The number of esters is 1. The summed E-state index contributed by atoms with van der Waals surface area (Å²) in [6.45, 7) is -0.360. The molecule has 0 heterocycles. The van der Waals surface area contributed by atoms with E-state index in [2.05, 4.69) is 10.1 Å². The Labute approximate surface area is 137 Å². The van der Waals surface area contributed by atoms with Crippen LogP contribution in [-0.4, -0.2) is 25.5 Å². The third-order valence-corrected chi connectivity index (χ3v) is 3.16. The molecule has 0 aromatic heterocycles. The Morgan fingerprint density at radius 3 is 2.58 bits per heavy atom. The molecule has 0 unspecified atom stereocenters. The zero-order valence-electron chi connectivity index (χ0n) is 12.8. The molecule has 2 aromatic rings. The summed E-state index contributed by atoms with van der Waals surface area (Å²) >= 11 is 0. The van der Waals surface area contributed by atoms with Crippen LogP contribution in [0.25, 0.3) is 0 Å². The molecule has 0 saturated carbocycles. The van der Waals surface area contributed by atoms with E-state index in [1.54, 1.807) is 24.3 Å². The van der Waals surface area contributed by atoms with Crippen LogP contribution in [0, 0.1) is 11.6 Å². The highest BCUT2D eigenvalue weighted by molar-refractivity contribution is 5.97. The number of ether oxygens (including phenoxy) is 2. The first-order chi connectivity index (χ1) is 11.5. The van der Waals surface area contributed by atoms with Gasteiger partial charge >= 0.3 is 5.97 Å². The van der Waals surface area contributed by atoms with Gasteiger partial charge in [-0.3, -0.25) is 9.59 Å². The Hall–Kier alpha value is -2.96. The van der Waals surface area contributed by atoms with E-state index < -0.39 is 23.5 Å². The number of hydrogen-bond donors (Lipinski definition) is 1. The number of carbonyl (C=O) groups excluding carboxylic acids is 2. The van der Waals surface area contributed by atoms with E-state index in [0.29, 0.717) is 11.6 Å². The van der Waals surface area contributed by atoms with Crippen LogP contribution in [0.4, 0.5) is 8.78 Å². The summed E-state index contributed by atoms with van der Waals surface area (Å²) < 4.78 is 36.2. The van der Waals surface area contributed by atoms with Gasteiger partial charge in [-0.15, -0.1) is 0 Å². The highest BCUT2D eigenvalue weighted by Crippen LogP contribution is 2.20. The number of carbonyl (C=O) groups is 2. The fraction of sp³-hybridized carbons (Fsp3) is 0.176. The lowest BCUT2D eigenvalue weighted by atomic mass is 10.1. The average molecular weight is 335 g/mol. The van der Waals surface area contributed by atoms with Crippen molar-refractivity contribution in [2.45, 2.75) is 6.61 Å². The molecule has 0 radical (unpaired) electrons. The minimum atomic E-state index is -0.831. The molecule has 2 aromatic carbocycles. The van der Waals surface area contributed by atoms with Gasteiger partial charge in [0.05, 0.1) is 7.11 Å². The maximum Gasteiger partial charge on any atom is 0.325 e. The van der Waals surface area contributed by atoms with Gasteiger partial charge in [-0.25, -0.2) is 8.78 Å². The standard InChI is InChI=1S/C17H15F2NO4/c1-23-16(21)9-20-17(22)13-5-3-2-4-11(13)10-24-15-7-6-12(18)8-14(15)19/h2-8H,9-10H2,1H3,(H,20,22). The van der Waals surface area contributed by atoms with Crippen LogP contribution in [0.2, 0.25) is 0 Å². The number of hydrogen-bond acceptors (Lipinski definition) is 4. The van der Waals surface area contributed by atoms with Gasteiger partial charge in [-0.2, -0.15) is 0 Å². The lowest BCUT2D eigenvalue weighted by Crippen LogP contribution is -2.30. The minimum absolute atomic E-state index is 0.0929. The monoisotopic (exact) mass is 335 g/mol. The van der Waals surface area contributed by atoms with Crippen LogP contribution in [0.15, 0.2) is 42.5 Å². The molecule has 5 nitrogen and oxygen atoms in total. The first-order valence-corrected chi connectivity index (χ1v) is 7.02. The molecule has 0 aliphatic carbocycles.